The van der Waals surface area contributed by atoms with Gasteiger partial charge in [0.2, 0.25) is 0 Å². The SMILES string of the molecule is C=C[C@@H](CO)NC(=O)c1cc(-c2cc(NC(C)C)ncc2C)c[nH]1. The number of aromatic nitrogens is 2. The van der Waals surface area contributed by atoms with Gasteiger partial charge in [0.25, 0.3) is 5.91 Å². The Morgan fingerprint density at radius 1 is 1.46 bits per heavy atom. The number of nitrogens with zero attached hydrogens (tertiary/aromatic N) is 1. The van der Waals surface area contributed by atoms with Crippen LogP contribution in [-0.2, 0) is 0 Å². The minimum absolute atomic E-state index is 0.184. The molecule has 6 nitrogen and oxygen atoms in total. The van der Waals surface area contributed by atoms with E-state index in [1.807, 2.05) is 19.2 Å². The molecule has 1 amide bonds. The van der Waals surface area contributed by atoms with Crippen LogP contribution < -0.4 is 10.6 Å². The Hall–Kier alpha value is -2.60. The first kappa shape index (κ1) is 17.7. The number of amides is 1. The van der Waals surface area contributed by atoms with E-state index in [4.69, 9.17) is 5.11 Å². The summed E-state index contributed by atoms with van der Waals surface area (Å²) in [6.07, 6.45) is 5.10. The summed E-state index contributed by atoms with van der Waals surface area (Å²) in [5.41, 5.74) is 3.37. The molecule has 0 bridgehead atoms. The van der Waals surface area contributed by atoms with Gasteiger partial charge in [-0.1, -0.05) is 6.08 Å². The number of aliphatic hydroxyl groups excluding tert-OH is 1. The highest BCUT2D eigenvalue weighted by Crippen LogP contribution is 2.26. The van der Waals surface area contributed by atoms with Crippen molar-refractivity contribution in [3.8, 4) is 11.1 Å². The van der Waals surface area contributed by atoms with Crippen LogP contribution in [0.4, 0.5) is 5.82 Å². The van der Waals surface area contributed by atoms with Crippen molar-refractivity contribution in [2.75, 3.05) is 11.9 Å². The van der Waals surface area contributed by atoms with Gasteiger partial charge < -0.3 is 20.7 Å². The lowest BCUT2D eigenvalue weighted by atomic mass is 10.0. The van der Waals surface area contributed by atoms with Gasteiger partial charge in [-0.05, 0) is 44.0 Å². The molecule has 24 heavy (non-hydrogen) atoms. The third-order valence-electron chi connectivity index (χ3n) is 3.58. The maximum absolute atomic E-state index is 12.2. The van der Waals surface area contributed by atoms with Gasteiger partial charge in [0, 0.05) is 24.0 Å². The number of aromatic amines is 1. The standard InChI is InChI=1S/C18H24N4O2/c1-5-14(10-23)22-18(24)16-6-13(9-19-16)15-7-17(21-11(2)3)20-8-12(15)4/h5-9,11,14,19,23H,1,10H2,2-4H3,(H,20,21)(H,22,24)/t14-/m0/s1. The van der Waals surface area contributed by atoms with Crippen LogP contribution in [0.2, 0.25) is 0 Å². The molecule has 0 aromatic carbocycles. The second kappa shape index (κ2) is 7.79. The molecule has 1 atom stereocenters. The number of anilines is 1. The summed E-state index contributed by atoms with van der Waals surface area (Å²) in [6, 6.07) is 3.58. The zero-order valence-electron chi connectivity index (χ0n) is 14.3. The number of carbonyl (C=O) groups excluding carboxylic acids is 1. The number of pyridine rings is 1. The van der Waals surface area contributed by atoms with Crippen LogP contribution in [0.15, 0.2) is 37.2 Å². The van der Waals surface area contributed by atoms with Crippen molar-refractivity contribution in [2.24, 2.45) is 0 Å². The van der Waals surface area contributed by atoms with Crippen molar-refractivity contribution in [1.29, 1.82) is 0 Å². The summed E-state index contributed by atoms with van der Waals surface area (Å²) in [6.45, 7) is 9.48. The minimum Gasteiger partial charge on any atom is -0.394 e. The Bertz CT molecular complexity index is 722. The van der Waals surface area contributed by atoms with E-state index in [-0.39, 0.29) is 18.6 Å². The van der Waals surface area contributed by atoms with Gasteiger partial charge in [-0.3, -0.25) is 4.79 Å². The smallest absolute Gasteiger partial charge is 0.268 e. The lowest BCUT2D eigenvalue weighted by Gasteiger charge is -2.11. The Morgan fingerprint density at radius 2 is 2.21 bits per heavy atom. The minimum atomic E-state index is -0.464. The molecule has 0 aliphatic heterocycles. The zero-order valence-corrected chi connectivity index (χ0v) is 14.3. The first-order valence-electron chi connectivity index (χ1n) is 7.90. The van der Waals surface area contributed by atoms with E-state index in [2.05, 4.69) is 41.0 Å². The van der Waals surface area contributed by atoms with Gasteiger partial charge in [0.1, 0.15) is 11.5 Å². The second-order valence-corrected chi connectivity index (χ2v) is 5.98. The van der Waals surface area contributed by atoms with Crippen LogP contribution in [0.25, 0.3) is 11.1 Å². The van der Waals surface area contributed by atoms with Crippen molar-refractivity contribution >= 4 is 11.7 Å². The van der Waals surface area contributed by atoms with Crippen molar-refractivity contribution in [3.63, 3.8) is 0 Å². The van der Waals surface area contributed by atoms with E-state index in [1.165, 1.54) is 6.08 Å². The van der Waals surface area contributed by atoms with Crippen LogP contribution >= 0.6 is 0 Å². The predicted molar refractivity (Wildman–Crippen MR) is 96.1 cm³/mol. The van der Waals surface area contributed by atoms with Gasteiger partial charge >= 0.3 is 0 Å². The molecule has 0 saturated heterocycles. The average molecular weight is 328 g/mol. The molecular weight excluding hydrogens is 304 g/mol. The molecule has 2 heterocycles. The van der Waals surface area contributed by atoms with Gasteiger partial charge in [0.15, 0.2) is 0 Å². The topological polar surface area (TPSA) is 90.0 Å². The molecule has 2 rings (SSSR count). The number of hydrogen-bond acceptors (Lipinski definition) is 4. The lowest BCUT2D eigenvalue weighted by Crippen LogP contribution is -2.35. The summed E-state index contributed by atoms with van der Waals surface area (Å²) in [4.78, 5) is 19.5. The van der Waals surface area contributed by atoms with Gasteiger partial charge in [-0.25, -0.2) is 4.98 Å². The van der Waals surface area contributed by atoms with Crippen molar-refractivity contribution in [2.45, 2.75) is 32.9 Å². The molecule has 0 aliphatic carbocycles. The average Bonchev–Trinajstić information content (AvgIpc) is 3.03. The summed E-state index contributed by atoms with van der Waals surface area (Å²) < 4.78 is 0. The molecule has 2 aromatic rings. The fourth-order valence-electron chi connectivity index (χ4n) is 2.32. The monoisotopic (exact) mass is 328 g/mol. The van der Waals surface area contributed by atoms with Gasteiger partial charge in [0.05, 0.1) is 12.6 Å². The number of aryl methyl sites for hydroxylation is 1. The van der Waals surface area contributed by atoms with Crippen molar-refractivity contribution < 1.29 is 9.90 Å². The van der Waals surface area contributed by atoms with Crippen LogP contribution in [0.1, 0.15) is 29.9 Å². The summed E-state index contributed by atoms with van der Waals surface area (Å²) in [5, 5.41) is 15.1. The predicted octanol–water partition coefficient (Wildman–Crippen LogP) is 2.48. The van der Waals surface area contributed by atoms with E-state index in [9.17, 15) is 4.79 Å². The fraction of sp³-hybridized carbons (Fsp3) is 0.333. The van der Waals surface area contributed by atoms with E-state index in [1.54, 1.807) is 12.3 Å². The second-order valence-electron chi connectivity index (χ2n) is 5.98. The molecule has 0 saturated carbocycles. The van der Waals surface area contributed by atoms with Crippen LogP contribution in [0, 0.1) is 6.92 Å². The fourth-order valence-corrected chi connectivity index (χ4v) is 2.32. The number of rotatable bonds is 7. The van der Waals surface area contributed by atoms with Crippen LogP contribution in [-0.4, -0.2) is 39.7 Å². The first-order chi connectivity index (χ1) is 11.4. The van der Waals surface area contributed by atoms with E-state index >= 15 is 0 Å². The molecular formula is C18H24N4O2. The Kier molecular flexibility index (Phi) is 5.76. The molecule has 6 heteroatoms. The van der Waals surface area contributed by atoms with Gasteiger partial charge in [-0.15, -0.1) is 6.58 Å². The maximum Gasteiger partial charge on any atom is 0.268 e. The molecule has 0 aliphatic rings. The van der Waals surface area contributed by atoms with Gasteiger partial charge in [-0.2, -0.15) is 0 Å². The lowest BCUT2D eigenvalue weighted by molar-refractivity contribution is 0.0925. The highest BCUT2D eigenvalue weighted by molar-refractivity contribution is 5.94. The Balaban J connectivity index is 2.24. The largest absolute Gasteiger partial charge is 0.394 e. The Morgan fingerprint density at radius 3 is 2.83 bits per heavy atom. The number of aliphatic hydroxyl groups is 1. The molecule has 0 fully saturated rings. The molecule has 0 radical (unpaired) electrons. The quantitative estimate of drug-likeness (QED) is 0.588. The molecule has 4 N–H and O–H groups in total. The van der Waals surface area contributed by atoms with Crippen molar-refractivity contribution in [1.82, 2.24) is 15.3 Å². The van der Waals surface area contributed by atoms with E-state index < -0.39 is 6.04 Å². The van der Waals surface area contributed by atoms with Crippen LogP contribution in [0.3, 0.4) is 0 Å². The maximum atomic E-state index is 12.2. The number of hydrogen-bond donors (Lipinski definition) is 4. The molecule has 128 valence electrons. The molecule has 2 aromatic heterocycles. The van der Waals surface area contributed by atoms with E-state index in [0.29, 0.717) is 5.69 Å². The number of H-pyrrole nitrogens is 1. The van der Waals surface area contributed by atoms with E-state index in [0.717, 1.165) is 22.5 Å². The molecule has 0 unspecified atom stereocenters. The summed E-state index contributed by atoms with van der Waals surface area (Å²) in [7, 11) is 0. The third kappa shape index (κ3) is 4.23. The van der Waals surface area contributed by atoms with Crippen LogP contribution in [0.5, 0.6) is 0 Å². The number of nitrogens with one attached hydrogen (secondary N) is 3. The molecule has 0 spiro atoms. The number of carbonyl (C=O) groups is 1. The van der Waals surface area contributed by atoms with Crippen molar-refractivity contribution in [3.05, 3.63) is 48.4 Å². The first-order valence-corrected chi connectivity index (χ1v) is 7.90. The highest BCUT2D eigenvalue weighted by atomic mass is 16.3. The Labute approximate surface area is 142 Å². The summed E-state index contributed by atoms with van der Waals surface area (Å²) in [5.74, 6) is 0.511. The highest BCUT2D eigenvalue weighted by Gasteiger charge is 2.14. The zero-order chi connectivity index (χ0) is 17.7. The normalized spacial score (nSPS) is 12.0. The third-order valence-corrected chi connectivity index (χ3v) is 3.58. The summed E-state index contributed by atoms with van der Waals surface area (Å²) >= 11 is 0.